The molecule has 17 heavy (non-hydrogen) atoms. The van der Waals surface area contributed by atoms with Crippen LogP contribution in [-0.4, -0.2) is 27.3 Å². The number of aromatic nitrogens is 4. The fraction of sp³-hybridized carbons (Fsp3) is 0.111. The normalized spacial score (nSPS) is 10.4. The maximum atomic E-state index is 5.91. The van der Waals surface area contributed by atoms with Crippen molar-refractivity contribution < 1.29 is 4.74 Å². The first-order valence-corrected chi connectivity index (χ1v) is 6.22. The Hall–Kier alpha value is -0.730. The average Bonchev–Trinajstić information content (AvgIpc) is 2.35. The van der Waals surface area contributed by atoms with Crippen LogP contribution in [0.1, 0.15) is 0 Å². The van der Waals surface area contributed by atoms with Gasteiger partial charge in [-0.25, -0.2) is 9.97 Å². The van der Waals surface area contributed by atoms with Gasteiger partial charge in [-0.1, -0.05) is 23.2 Å². The van der Waals surface area contributed by atoms with Gasteiger partial charge in [-0.05, 0) is 28.7 Å². The molecule has 8 heteroatoms. The van der Waals surface area contributed by atoms with Crippen LogP contribution in [0.5, 0.6) is 5.88 Å². The Morgan fingerprint density at radius 1 is 1.12 bits per heavy atom. The van der Waals surface area contributed by atoms with Crippen molar-refractivity contribution in [2.24, 2.45) is 0 Å². The van der Waals surface area contributed by atoms with Gasteiger partial charge in [0.25, 0.3) is 0 Å². The van der Waals surface area contributed by atoms with Crippen LogP contribution in [0.2, 0.25) is 10.3 Å². The van der Waals surface area contributed by atoms with Gasteiger partial charge in [-0.15, -0.1) is 10.2 Å². The first-order valence-electron chi connectivity index (χ1n) is 4.38. The largest absolute Gasteiger partial charge is 0.480 e. The third-order valence-corrected chi connectivity index (χ3v) is 4.06. The molecule has 88 valence electrons. The second-order valence-corrected chi connectivity index (χ2v) is 4.70. The minimum atomic E-state index is 0.290. The summed E-state index contributed by atoms with van der Waals surface area (Å²) in [7, 11) is 1.51. The van der Waals surface area contributed by atoms with Crippen LogP contribution in [-0.2, 0) is 0 Å². The quantitative estimate of drug-likeness (QED) is 0.590. The molecule has 0 amide bonds. The van der Waals surface area contributed by atoms with Crippen molar-refractivity contribution >= 4 is 45.8 Å². The zero-order valence-corrected chi connectivity index (χ0v) is 12.2. The summed E-state index contributed by atoms with van der Waals surface area (Å²) in [5.74, 6) is 0.743. The second-order valence-electron chi connectivity index (χ2n) is 2.90. The molecule has 0 N–H and O–H groups in total. The molecule has 5 nitrogen and oxygen atoms in total. The van der Waals surface area contributed by atoms with E-state index in [1.54, 1.807) is 12.1 Å². The first-order chi connectivity index (χ1) is 8.11. The third-order valence-electron chi connectivity index (χ3n) is 1.85. The molecule has 0 fully saturated rings. The molecule has 0 saturated heterocycles. The van der Waals surface area contributed by atoms with Gasteiger partial charge >= 0.3 is 0 Å². The van der Waals surface area contributed by atoms with Gasteiger partial charge in [0.05, 0.1) is 10.7 Å². The fourth-order valence-electron chi connectivity index (χ4n) is 1.06. The van der Waals surface area contributed by atoms with Gasteiger partial charge in [-0.2, -0.15) is 0 Å². The van der Waals surface area contributed by atoms with Gasteiger partial charge in [0.1, 0.15) is 16.0 Å². The summed E-state index contributed by atoms with van der Waals surface area (Å²) in [6, 6.07) is 3.34. The number of rotatable bonds is 2. The van der Waals surface area contributed by atoms with Crippen LogP contribution in [0.15, 0.2) is 12.1 Å². The summed E-state index contributed by atoms with van der Waals surface area (Å²) in [6.07, 6.45) is 0. The van der Waals surface area contributed by atoms with Crippen LogP contribution in [0.4, 0.5) is 0 Å². The molecule has 0 aliphatic carbocycles. The van der Waals surface area contributed by atoms with Crippen molar-refractivity contribution in [1.29, 1.82) is 0 Å². The lowest BCUT2D eigenvalue weighted by atomic mass is 10.3. The Kier molecular flexibility index (Phi) is 3.95. The maximum Gasteiger partial charge on any atom is 0.233 e. The van der Waals surface area contributed by atoms with E-state index in [0.29, 0.717) is 31.3 Å². The lowest BCUT2D eigenvalue weighted by Gasteiger charge is -2.03. The highest BCUT2D eigenvalue weighted by Gasteiger charge is 2.11. The molecule has 2 heterocycles. The van der Waals surface area contributed by atoms with Crippen molar-refractivity contribution in [3.05, 3.63) is 26.0 Å². The minimum Gasteiger partial charge on any atom is -0.480 e. The number of hydrogen-bond donors (Lipinski definition) is 0. The predicted molar refractivity (Wildman–Crippen MR) is 72.3 cm³/mol. The van der Waals surface area contributed by atoms with E-state index in [4.69, 9.17) is 27.9 Å². The molecule has 2 aromatic rings. The van der Waals surface area contributed by atoms with Gasteiger partial charge in [-0.3, -0.25) is 0 Å². The van der Waals surface area contributed by atoms with Gasteiger partial charge in [0.2, 0.25) is 5.88 Å². The zero-order chi connectivity index (χ0) is 12.4. The molecule has 0 unspecified atom stereocenters. The SMILES string of the molecule is COc1ccc(-c2nc(Cl)c(I)c(Cl)n2)nn1. The van der Waals surface area contributed by atoms with E-state index >= 15 is 0 Å². The molecule has 0 atom stereocenters. The van der Waals surface area contributed by atoms with Crippen molar-refractivity contribution in [2.45, 2.75) is 0 Å². The molecular weight excluding hydrogens is 378 g/mol. The van der Waals surface area contributed by atoms with Gasteiger partial charge in [0, 0.05) is 6.07 Å². The minimum absolute atomic E-state index is 0.290. The summed E-state index contributed by atoms with van der Waals surface area (Å²) in [5.41, 5.74) is 0.478. The molecule has 0 spiro atoms. The molecule has 2 rings (SSSR count). The Balaban J connectivity index is 2.45. The Morgan fingerprint density at radius 2 is 1.76 bits per heavy atom. The average molecular weight is 383 g/mol. The van der Waals surface area contributed by atoms with E-state index in [0.717, 1.165) is 0 Å². The number of halogens is 3. The molecule has 0 aromatic carbocycles. The van der Waals surface area contributed by atoms with Crippen LogP contribution in [0, 0.1) is 3.57 Å². The van der Waals surface area contributed by atoms with E-state index in [-0.39, 0.29) is 0 Å². The molecular formula is C9H5Cl2IN4O. The summed E-state index contributed by atoms with van der Waals surface area (Å²) >= 11 is 13.8. The van der Waals surface area contributed by atoms with Crippen LogP contribution in [0.25, 0.3) is 11.5 Å². The highest BCUT2D eigenvalue weighted by molar-refractivity contribution is 14.1. The van der Waals surface area contributed by atoms with Crippen molar-refractivity contribution in [2.75, 3.05) is 7.11 Å². The third kappa shape index (κ3) is 2.75. The molecule has 0 aliphatic rings. The first kappa shape index (κ1) is 12.7. The Bertz CT molecular complexity index is 526. The van der Waals surface area contributed by atoms with Crippen molar-refractivity contribution in [3.8, 4) is 17.4 Å². The standard InChI is InChI=1S/C9H5Cl2IN4O/c1-17-5-3-2-4(15-16-5)9-13-7(10)6(12)8(11)14-9/h2-3H,1H3. The van der Waals surface area contributed by atoms with Gasteiger partial charge in [0.15, 0.2) is 5.82 Å². The molecule has 0 aliphatic heterocycles. The monoisotopic (exact) mass is 382 g/mol. The molecule has 0 bridgehead atoms. The summed E-state index contributed by atoms with van der Waals surface area (Å²) in [5, 5.41) is 8.31. The van der Waals surface area contributed by atoms with Crippen molar-refractivity contribution in [3.63, 3.8) is 0 Å². The summed E-state index contributed by atoms with van der Waals surface area (Å²) < 4.78 is 5.51. The van der Waals surface area contributed by atoms with E-state index < -0.39 is 0 Å². The van der Waals surface area contributed by atoms with Crippen LogP contribution in [0.3, 0.4) is 0 Å². The number of nitrogens with zero attached hydrogens (tertiary/aromatic N) is 4. The van der Waals surface area contributed by atoms with E-state index in [2.05, 4.69) is 20.2 Å². The maximum absolute atomic E-state index is 5.91. The fourth-order valence-corrected chi connectivity index (χ4v) is 1.69. The van der Waals surface area contributed by atoms with E-state index in [1.807, 2.05) is 22.6 Å². The Morgan fingerprint density at radius 3 is 2.24 bits per heavy atom. The Labute approximate surface area is 121 Å². The van der Waals surface area contributed by atoms with Gasteiger partial charge < -0.3 is 4.74 Å². The smallest absolute Gasteiger partial charge is 0.233 e. The topological polar surface area (TPSA) is 60.8 Å². The molecule has 0 radical (unpaired) electrons. The lowest BCUT2D eigenvalue weighted by molar-refractivity contribution is 0.392. The number of methoxy groups -OCH3 is 1. The molecule has 0 saturated carbocycles. The second kappa shape index (κ2) is 5.28. The lowest BCUT2D eigenvalue weighted by Crippen LogP contribution is -1.98. The zero-order valence-electron chi connectivity index (χ0n) is 8.49. The summed E-state index contributed by atoms with van der Waals surface area (Å²) in [6.45, 7) is 0. The van der Waals surface area contributed by atoms with Crippen molar-refractivity contribution in [1.82, 2.24) is 20.2 Å². The molecule has 2 aromatic heterocycles. The number of hydrogen-bond acceptors (Lipinski definition) is 5. The van der Waals surface area contributed by atoms with E-state index in [1.165, 1.54) is 7.11 Å². The highest BCUT2D eigenvalue weighted by atomic mass is 127. The number of ether oxygens (including phenoxy) is 1. The van der Waals surface area contributed by atoms with E-state index in [9.17, 15) is 0 Å². The highest BCUT2D eigenvalue weighted by Crippen LogP contribution is 2.25. The van der Waals surface area contributed by atoms with Crippen LogP contribution >= 0.6 is 45.8 Å². The summed E-state index contributed by atoms with van der Waals surface area (Å²) in [4.78, 5) is 8.16. The predicted octanol–water partition coefficient (Wildman–Crippen LogP) is 2.85. The van der Waals surface area contributed by atoms with Crippen LogP contribution < -0.4 is 4.74 Å².